The average Bonchev–Trinajstić information content (AvgIpc) is 3.29. The summed E-state index contributed by atoms with van der Waals surface area (Å²) in [6, 6.07) is 8.53. The molecule has 1 aliphatic heterocycles. The van der Waals surface area contributed by atoms with Crippen LogP contribution in [0, 0.1) is 12.3 Å². The quantitative estimate of drug-likeness (QED) is 0.506. The molecule has 0 saturated carbocycles. The highest BCUT2D eigenvalue weighted by Crippen LogP contribution is 2.38. The summed E-state index contributed by atoms with van der Waals surface area (Å²) < 4.78 is 12.8. The van der Waals surface area contributed by atoms with Gasteiger partial charge in [-0.05, 0) is 12.1 Å². The van der Waals surface area contributed by atoms with Crippen LogP contribution in [0.1, 0.15) is 23.0 Å². The Bertz CT molecular complexity index is 1060. The summed E-state index contributed by atoms with van der Waals surface area (Å²) in [6.07, 6.45) is 6.86. The molecule has 0 spiro atoms. The van der Waals surface area contributed by atoms with Crippen molar-refractivity contribution in [1.82, 2.24) is 19.5 Å². The number of aromatic nitrogens is 4. The first kappa shape index (κ1) is 17.9. The molecule has 0 radical (unpaired) electrons. The summed E-state index contributed by atoms with van der Waals surface area (Å²) in [4.78, 5) is 24.4. The van der Waals surface area contributed by atoms with Crippen molar-refractivity contribution in [3.63, 3.8) is 0 Å². The number of fused-ring (bicyclic) bond motifs is 1. The number of carbonyl (C=O) groups is 1. The molecule has 0 aliphatic carbocycles. The molecule has 3 N–H and O–H groups in total. The molecule has 3 aromatic rings. The molecule has 1 aliphatic rings. The van der Waals surface area contributed by atoms with Crippen LogP contribution in [0.15, 0.2) is 43.0 Å². The van der Waals surface area contributed by atoms with E-state index >= 15 is 0 Å². The maximum absolute atomic E-state index is 12.2. The SMILES string of the molecule is C#C[C@]1(O)C[C@H](n2cnc3c(N)ncnc32)O[C@@H]1COC(=O)c1ccccc1. The van der Waals surface area contributed by atoms with Gasteiger partial charge in [0, 0.05) is 6.42 Å². The molecular weight excluding hydrogens is 362 g/mol. The van der Waals surface area contributed by atoms with Crippen molar-refractivity contribution in [1.29, 1.82) is 0 Å². The first-order valence-corrected chi connectivity index (χ1v) is 8.52. The van der Waals surface area contributed by atoms with Crippen molar-refractivity contribution >= 4 is 23.0 Å². The number of nitrogen functional groups attached to an aromatic ring is 1. The molecule has 142 valence electrons. The molecule has 0 amide bonds. The van der Waals surface area contributed by atoms with Crippen LogP contribution in [0.2, 0.25) is 0 Å². The second-order valence-corrected chi connectivity index (χ2v) is 6.40. The van der Waals surface area contributed by atoms with Crippen LogP contribution in [0.3, 0.4) is 0 Å². The van der Waals surface area contributed by atoms with Crippen molar-refractivity contribution in [3.05, 3.63) is 48.5 Å². The lowest BCUT2D eigenvalue weighted by atomic mass is 9.96. The fourth-order valence-corrected chi connectivity index (χ4v) is 3.13. The van der Waals surface area contributed by atoms with Crippen LogP contribution in [0.25, 0.3) is 11.2 Å². The standard InChI is InChI=1S/C19H17N5O4/c1-2-19(26)8-14(24-11-23-15-16(20)21-10-22-17(15)24)28-13(19)9-27-18(25)12-6-4-3-5-7-12/h1,3-7,10-11,13-14,26H,8-9H2,(H2,20,21,22)/t13-,14-,19+/m1/s1. The van der Waals surface area contributed by atoms with Crippen molar-refractivity contribution in [2.24, 2.45) is 0 Å². The number of nitrogens with two attached hydrogens (primary N) is 1. The van der Waals surface area contributed by atoms with Gasteiger partial charge in [-0.1, -0.05) is 24.1 Å². The molecule has 1 aromatic carbocycles. The first-order chi connectivity index (χ1) is 13.5. The number of ether oxygens (including phenoxy) is 2. The minimum absolute atomic E-state index is 0.0758. The van der Waals surface area contributed by atoms with E-state index in [1.165, 1.54) is 12.7 Å². The summed E-state index contributed by atoms with van der Waals surface area (Å²) in [5, 5.41) is 10.8. The second-order valence-electron chi connectivity index (χ2n) is 6.40. The number of anilines is 1. The van der Waals surface area contributed by atoms with E-state index in [4.69, 9.17) is 21.6 Å². The Morgan fingerprint density at radius 3 is 2.93 bits per heavy atom. The number of rotatable bonds is 4. The fourth-order valence-electron chi connectivity index (χ4n) is 3.13. The number of benzene rings is 1. The largest absolute Gasteiger partial charge is 0.459 e. The maximum atomic E-state index is 12.2. The van der Waals surface area contributed by atoms with Crippen LogP contribution in [-0.4, -0.2) is 48.9 Å². The van der Waals surface area contributed by atoms with Gasteiger partial charge in [-0.25, -0.2) is 19.7 Å². The summed E-state index contributed by atoms with van der Waals surface area (Å²) in [7, 11) is 0. The second kappa shape index (κ2) is 6.92. The van der Waals surface area contributed by atoms with Crippen molar-refractivity contribution < 1.29 is 19.4 Å². The van der Waals surface area contributed by atoms with Crippen molar-refractivity contribution in [3.8, 4) is 12.3 Å². The van der Waals surface area contributed by atoms with Gasteiger partial charge in [-0.2, -0.15) is 0 Å². The summed E-state index contributed by atoms with van der Waals surface area (Å²) in [5.41, 5.74) is 5.47. The predicted molar refractivity (Wildman–Crippen MR) is 98.8 cm³/mol. The third kappa shape index (κ3) is 3.05. The maximum Gasteiger partial charge on any atom is 0.338 e. The Morgan fingerprint density at radius 2 is 2.18 bits per heavy atom. The Hall–Kier alpha value is -3.48. The normalized spacial score (nSPS) is 24.1. The Kier molecular flexibility index (Phi) is 4.43. The van der Waals surface area contributed by atoms with Gasteiger partial charge in [0.05, 0.1) is 11.9 Å². The number of nitrogens with zero attached hydrogens (tertiary/aromatic N) is 4. The van der Waals surface area contributed by atoms with Gasteiger partial charge in [0.15, 0.2) is 17.1 Å². The molecule has 9 heteroatoms. The molecule has 1 fully saturated rings. The van der Waals surface area contributed by atoms with E-state index in [2.05, 4.69) is 20.9 Å². The van der Waals surface area contributed by atoms with E-state index in [-0.39, 0.29) is 18.8 Å². The Labute approximate surface area is 160 Å². The third-order valence-corrected chi connectivity index (χ3v) is 4.66. The number of hydrogen-bond acceptors (Lipinski definition) is 8. The first-order valence-electron chi connectivity index (χ1n) is 8.52. The number of hydrogen-bond donors (Lipinski definition) is 2. The van der Waals surface area contributed by atoms with Crippen LogP contribution < -0.4 is 5.73 Å². The number of imidazole rings is 1. The number of terminal acetylenes is 1. The highest BCUT2D eigenvalue weighted by Gasteiger charge is 2.48. The lowest BCUT2D eigenvalue weighted by Crippen LogP contribution is -2.40. The minimum atomic E-state index is -1.61. The number of carbonyl (C=O) groups excluding carboxylic acids is 1. The molecule has 9 nitrogen and oxygen atoms in total. The fraction of sp³-hybridized carbons (Fsp3) is 0.263. The average molecular weight is 379 g/mol. The van der Waals surface area contributed by atoms with Gasteiger partial charge < -0.3 is 20.3 Å². The van der Waals surface area contributed by atoms with Gasteiger partial charge >= 0.3 is 5.97 Å². The molecule has 0 unspecified atom stereocenters. The van der Waals surface area contributed by atoms with Crippen molar-refractivity contribution in [2.75, 3.05) is 12.3 Å². The topological polar surface area (TPSA) is 125 Å². The molecule has 0 bridgehead atoms. The summed E-state index contributed by atoms with van der Waals surface area (Å²) in [5.74, 6) is 2.06. The van der Waals surface area contributed by atoms with E-state index in [0.717, 1.165) is 0 Å². The molecule has 28 heavy (non-hydrogen) atoms. The molecule has 4 rings (SSSR count). The molecule has 2 aromatic heterocycles. The summed E-state index contributed by atoms with van der Waals surface area (Å²) in [6.45, 7) is -0.200. The van der Waals surface area contributed by atoms with Crippen molar-refractivity contribution in [2.45, 2.75) is 24.4 Å². The summed E-state index contributed by atoms with van der Waals surface area (Å²) >= 11 is 0. The van der Waals surface area contributed by atoms with E-state index in [0.29, 0.717) is 16.7 Å². The van der Waals surface area contributed by atoms with E-state index < -0.39 is 23.9 Å². The van der Waals surface area contributed by atoms with E-state index in [1.807, 2.05) is 0 Å². The molecule has 1 saturated heterocycles. The van der Waals surface area contributed by atoms with Gasteiger partial charge in [0.2, 0.25) is 0 Å². The molecular formula is C19H17N5O4. The molecule has 3 heterocycles. The molecule has 3 atom stereocenters. The smallest absolute Gasteiger partial charge is 0.338 e. The van der Waals surface area contributed by atoms with Gasteiger partial charge in [0.25, 0.3) is 0 Å². The van der Waals surface area contributed by atoms with E-state index in [9.17, 15) is 9.90 Å². The highest BCUT2D eigenvalue weighted by atomic mass is 16.6. The lowest BCUT2D eigenvalue weighted by Gasteiger charge is -2.21. The highest BCUT2D eigenvalue weighted by molar-refractivity contribution is 5.89. The van der Waals surface area contributed by atoms with Crippen LogP contribution in [0.4, 0.5) is 5.82 Å². The third-order valence-electron chi connectivity index (χ3n) is 4.66. The lowest BCUT2D eigenvalue weighted by molar-refractivity contribution is -0.0664. The van der Waals surface area contributed by atoms with Crippen LogP contribution in [0.5, 0.6) is 0 Å². The zero-order valence-electron chi connectivity index (χ0n) is 14.7. The monoisotopic (exact) mass is 379 g/mol. The van der Waals surface area contributed by atoms with Crippen LogP contribution in [-0.2, 0) is 9.47 Å². The Balaban J connectivity index is 1.53. The number of aliphatic hydroxyl groups is 1. The van der Waals surface area contributed by atoms with Gasteiger partial charge in [-0.3, -0.25) is 4.57 Å². The minimum Gasteiger partial charge on any atom is -0.459 e. The predicted octanol–water partition coefficient (Wildman–Crippen LogP) is 0.917. The van der Waals surface area contributed by atoms with E-state index in [1.54, 1.807) is 34.9 Å². The Morgan fingerprint density at radius 1 is 1.39 bits per heavy atom. The zero-order chi connectivity index (χ0) is 19.7. The zero-order valence-corrected chi connectivity index (χ0v) is 14.7. The van der Waals surface area contributed by atoms with Gasteiger partial charge in [-0.15, -0.1) is 6.42 Å². The number of esters is 1. The van der Waals surface area contributed by atoms with Gasteiger partial charge in [0.1, 0.15) is 30.8 Å². The van der Waals surface area contributed by atoms with Crippen LogP contribution >= 0.6 is 0 Å².